The summed E-state index contributed by atoms with van der Waals surface area (Å²) in [6.07, 6.45) is 5.80. The van der Waals surface area contributed by atoms with Crippen LogP contribution in [0.25, 0.3) is 11.0 Å². The van der Waals surface area contributed by atoms with Crippen LogP contribution < -0.4 is 4.74 Å². The van der Waals surface area contributed by atoms with Crippen LogP contribution in [0.2, 0.25) is 0 Å². The molecule has 26 heavy (non-hydrogen) atoms. The standard InChI is InChI=1S/C19H19BrN4O2/c20-16-15(8-7-14-17(16)22-23-24(14)10-11-3-4-11)26-19-13(2-1-9-21-19)18(25)12-5-6-12/h1-2,7-9,11-12,18,25H,3-6,10H2. The number of hydrogen-bond donors (Lipinski definition) is 1. The van der Waals surface area contributed by atoms with Crippen LogP contribution in [0.3, 0.4) is 0 Å². The molecule has 1 unspecified atom stereocenters. The maximum absolute atomic E-state index is 10.5. The summed E-state index contributed by atoms with van der Waals surface area (Å²) in [5.74, 6) is 2.11. The first-order valence-electron chi connectivity index (χ1n) is 9.03. The molecule has 2 saturated carbocycles. The average molecular weight is 415 g/mol. The lowest BCUT2D eigenvalue weighted by molar-refractivity contribution is 0.150. The number of nitrogens with zero attached hydrogens (tertiary/aromatic N) is 4. The van der Waals surface area contributed by atoms with Crippen molar-refractivity contribution < 1.29 is 9.84 Å². The number of fused-ring (bicyclic) bond motifs is 1. The summed E-state index contributed by atoms with van der Waals surface area (Å²) in [6, 6.07) is 7.60. The van der Waals surface area contributed by atoms with Crippen molar-refractivity contribution >= 4 is 27.0 Å². The molecule has 0 aliphatic heterocycles. The summed E-state index contributed by atoms with van der Waals surface area (Å²) < 4.78 is 8.78. The van der Waals surface area contributed by atoms with Gasteiger partial charge in [0.2, 0.25) is 5.88 Å². The first-order valence-corrected chi connectivity index (χ1v) is 9.82. The van der Waals surface area contributed by atoms with Crippen molar-refractivity contribution in [2.24, 2.45) is 11.8 Å². The molecule has 0 bridgehead atoms. The molecule has 1 aromatic carbocycles. The third-order valence-electron chi connectivity index (χ3n) is 5.11. The lowest BCUT2D eigenvalue weighted by atomic mass is 10.1. The third kappa shape index (κ3) is 2.99. The predicted octanol–water partition coefficient (Wildman–Crippen LogP) is 4.23. The number of ether oxygens (including phenoxy) is 1. The third-order valence-corrected chi connectivity index (χ3v) is 5.88. The second kappa shape index (κ2) is 6.32. The molecule has 2 heterocycles. The molecule has 1 atom stereocenters. The van der Waals surface area contributed by atoms with Crippen LogP contribution in [0.4, 0.5) is 0 Å². The Hall–Kier alpha value is -1.99. The summed E-state index contributed by atoms with van der Waals surface area (Å²) in [4.78, 5) is 4.33. The van der Waals surface area contributed by atoms with E-state index < -0.39 is 6.10 Å². The molecule has 3 aromatic rings. The first kappa shape index (κ1) is 16.2. The smallest absolute Gasteiger partial charge is 0.225 e. The monoisotopic (exact) mass is 414 g/mol. The van der Waals surface area contributed by atoms with Crippen molar-refractivity contribution in [3.05, 3.63) is 40.5 Å². The highest BCUT2D eigenvalue weighted by Crippen LogP contribution is 2.44. The van der Waals surface area contributed by atoms with Crippen LogP contribution in [0.15, 0.2) is 34.9 Å². The summed E-state index contributed by atoms with van der Waals surface area (Å²) in [5, 5.41) is 19.1. The van der Waals surface area contributed by atoms with Crippen molar-refractivity contribution in [2.75, 3.05) is 0 Å². The van der Waals surface area contributed by atoms with Gasteiger partial charge in [0, 0.05) is 18.3 Å². The Labute approximate surface area is 159 Å². The van der Waals surface area contributed by atoms with E-state index in [0.29, 0.717) is 17.5 Å². The minimum Gasteiger partial charge on any atom is -0.437 e. The fourth-order valence-corrected chi connectivity index (χ4v) is 3.72. The van der Waals surface area contributed by atoms with Crippen molar-refractivity contribution in [1.29, 1.82) is 0 Å². The van der Waals surface area contributed by atoms with E-state index in [2.05, 4.69) is 31.2 Å². The molecular weight excluding hydrogens is 396 g/mol. The second-order valence-electron chi connectivity index (χ2n) is 7.24. The van der Waals surface area contributed by atoms with Gasteiger partial charge in [-0.15, -0.1) is 5.10 Å². The van der Waals surface area contributed by atoms with E-state index in [4.69, 9.17) is 4.74 Å². The number of pyridine rings is 1. The van der Waals surface area contributed by atoms with Gasteiger partial charge in [0.15, 0.2) is 0 Å². The number of aromatic nitrogens is 4. The number of aliphatic hydroxyl groups excluding tert-OH is 1. The largest absolute Gasteiger partial charge is 0.437 e. The molecule has 6 nitrogen and oxygen atoms in total. The zero-order valence-corrected chi connectivity index (χ0v) is 15.8. The minimum atomic E-state index is -0.527. The Balaban J connectivity index is 1.47. The molecule has 2 aromatic heterocycles. The maximum Gasteiger partial charge on any atom is 0.225 e. The van der Waals surface area contributed by atoms with Gasteiger partial charge in [-0.25, -0.2) is 9.67 Å². The fourth-order valence-electron chi connectivity index (χ4n) is 3.23. The van der Waals surface area contributed by atoms with Gasteiger partial charge in [-0.2, -0.15) is 0 Å². The van der Waals surface area contributed by atoms with Crippen LogP contribution in [0.5, 0.6) is 11.6 Å². The minimum absolute atomic E-state index is 0.315. The van der Waals surface area contributed by atoms with Gasteiger partial charge in [-0.3, -0.25) is 0 Å². The van der Waals surface area contributed by atoms with Gasteiger partial charge in [0.25, 0.3) is 0 Å². The Morgan fingerprint density at radius 2 is 2.08 bits per heavy atom. The van der Waals surface area contributed by atoms with Crippen molar-refractivity contribution in [3.63, 3.8) is 0 Å². The maximum atomic E-state index is 10.5. The summed E-state index contributed by atoms with van der Waals surface area (Å²) in [7, 11) is 0. The highest BCUT2D eigenvalue weighted by molar-refractivity contribution is 9.10. The average Bonchev–Trinajstić information content (AvgIpc) is 3.56. The van der Waals surface area contributed by atoms with Gasteiger partial charge < -0.3 is 9.84 Å². The van der Waals surface area contributed by atoms with Crippen molar-refractivity contribution in [3.8, 4) is 11.6 Å². The van der Waals surface area contributed by atoms with E-state index in [1.807, 2.05) is 28.9 Å². The summed E-state index contributed by atoms with van der Waals surface area (Å²) in [5.41, 5.74) is 2.51. The Morgan fingerprint density at radius 3 is 2.85 bits per heavy atom. The topological polar surface area (TPSA) is 73.1 Å². The van der Waals surface area contributed by atoms with Crippen LogP contribution in [-0.2, 0) is 6.54 Å². The van der Waals surface area contributed by atoms with E-state index >= 15 is 0 Å². The molecule has 0 radical (unpaired) electrons. The number of aliphatic hydroxyl groups is 1. The fraction of sp³-hybridized carbons (Fsp3) is 0.421. The van der Waals surface area contributed by atoms with Crippen LogP contribution in [-0.4, -0.2) is 25.1 Å². The quantitative estimate of drug-likeness (QED) is 0.652. The summed E-state index contributed by atoms with van der Waals surface area (Å²) in [6.45, 7) is 0.918. The molecule has 2 aliphatic carbocycles. The van der Waals surface area contributed by atoms with Gasteiger partial charge in [0.1, 0.15) is 11.3 Å². The molecule has 134 valence electrons. The first-order chi connectivity index (χ1) is 12.7. The highest BCUT2D eigenvalue weighted by Gasteiger charge is 2.33. The van der Waals surface area contributed by atoms with Crippen LogP contribution in [0.1, 0.15) is 37.4 Å². The second-order valence-corrected chi connectivity index (χ2v) is 8.04. The van der Waals surface area contributed by atoms with Gasteiger partial charge in [0.05, 0.1) is 16.1 Å². The molecule has 7 heteroatoms. The zero-order valence-electron chi connectivity index (χ0n) is 14.2. The zero-order chi connectivity index (χ0) is 17.7. The van der Waals surface area contributed by atoms with Crippen LogP contribution in [0, 0.1) is 11.8 Å². The number of hydrogen-bond acceptors (Lipinski definition) is 5. The normalized spacial score (nSPS) is 18.2. The van der Waals surface area contributed by atoms with Crippen molar-refractivity contribution in [1.82, 2.24) is 20.0 Å². The molecule has 2 fully saturated rings. The van der Waals surface area contributed by atoms with Gasteiger partial charge >= 0.3 is 0 Å². The lowest BCUT2D eigenvalue weighted by Crippen LogP contribution is -2.04. The molecule has 0 amide bonds. The Kier molecular flexibility index (Phi) is 3.94. The molecule has 0 saturated heterocycles. The van der Waals surface area contributed by atoms with Crippen LogP contribution >= 0.6 is 15.9 Å². The molecule has 5 rings (SSSR count). The van der Waals surface area contributed by atoms with E-state index in [9.17, 15) is 5.11 Å². The molecule has 1 N–H and O–H groups in total. The van der Waals surface area contributed by atoms with Gasteiger partial charge in [-0.05, 0) is 77.7 Å². The number of halogens is 1. The van der Waals surface area contributed by atoms with E-state index in [1.165, 1.54) is 12.8 Å². The highest BCUT2D eigenvalue weighted by atomic mass is 79.9. The summed E-state index contributed by atoms with van der Waals surface area (Å²) >= 11 is 3.61. The number of benzene rings is 1. The van der Waals surface area contributed by atoms with E-state index in [0.717, 1.165) is 46.4 Å². The Morgan fingerprint density at radius 1 is 1.23 bits per heavy atom. The molecular formula is C19H19BrN4O2. The predicted molar refractivity (Wildman–Crippen MR) is 99.9 cm³/mol. The Bertz CT molecular complexity index is 965. The van der Waals surface area contributed by atoms with E-state index in [-0.39, 0.29) is 0 Å². The van der Waals surface area contributed by atoms with Crippen molar-refractivity contribution in [2.45, 2.75) is 38.3 Å². The number of rotatable bonds is 6. The lowest BCUT2D eigenvalue weighted by Gasteiger charge is -2.15. The molecule has 0 spiro atoms. The molecule has 2 aliphatic rings. The van der Waals surface area contributed by atoms with E-state index in [1.54, 1.807) is 6.20 Å². The van der Waals surface area contributed by atoms with Gasteiger partial charge in [-0.1, -0.05) is 5.21 Å². The SMILES string of the molecule is OC(c1cccnc1Oc1ccc2c(nnn2CC2CC2)c1Br)C1CC1.